The van der Waals surface area contributed by atoms with Crippen molar-refractivity contribution in [3.05, 3.63) is 47.5 Å². The highest BCUT2D eigenvalue weighted by molar-refractivity contribution is 5.98. The van der Waals surface area contributed by atoms with Crippen molar-refractivity contribution >= 4 is 18.1 Å². The van der Waals surface area contributed by atoms with Crippen LogP contribution in [0.1, 0.15) is 37.8 Å². The maximum atomic E-state index is 12.5. The third kappa shape index (κ3) is 5.57. The molecule has 2 rings (SSSR count). The molecule has 1 aromatic rings. The van der Waals surface area contributed by atoms with Gasteiger partial charge in [0.25, 0.3) is 5.79 Å². The summed E-state index contributed by atoms with van der Waals surface area (Å²) in [5.74, 6) is -4.36. The number of benzene rings is 1. The molecule has 146 valence electrons. The average molecular weight is 376 g/mol. The standard InChI is InChI=1S/C20H24O7/c1-5-24-19(23)25-12-6-7-15(14-10-8-13(2)9-11-14)16-17(21)26-20(3,4)27-18(16)22/h6-11,15-16H,5,12H2,1-4H3/b7-6+/t15-/m0/s1. The molecule has 0 spiro atoms. The molecule has 0 N–H and O–H groups in total. The van der Waals surface area contributed by atoms with Crippen molar-refractivity contribution in [3.63, 3.8) is 0 Å². The highest BCUT2D eigenvalue weighted by Crippen LogP contribution is 2.34. The van der Waals surface area contributed by atoms with E-state index in [9.17, 15) is 14.4 Å². The molecule has 0 radical (unpaired) electrons. The zero-order valence-electron chi connectivity index (χ0n) is 15.9. The van der Waals surface area contributed by atoms with Crippen LogP contribution in [0.15, 0.2) is 36.4 Å². The van der Waals surface area contributed by atoms with E-state index in [-0.39, 0.29) is 13.2 Å². The first-order valence-corrected chi connectivity index (χ1v) is 8.72. The summed E-state index contributed by atoms with van der Waals surface area (Å²) in [5.41, 5.74) is 1.79. The molecule has 0 bridgehead atoms. The SMILES string of the molecule is CCOC(=O)OC/C=C/[C@@H](c1ccc(C)cc1)C1C(=O)OC(C)(C)OC1=O. The molecule has 0 aliphatic carbocycles. The highest BCUT2D eigenvalue weighted by atomic mass is 16.7. The Morgan fingerprint density at radius 2 is 1.74 bits per heavy atom. The molecule has 1 aromatic carbocycles. The first kappa shape index (κ1) is 20.5. The maximum absolute atomic E-state index is 12.5. The van der Waals surface area contributed by atoms with Gasteiger partial charge in [0.2, 0.25) is 0 Å². The van der Waals surface area contributed by atoms with Crippen molar-refractivity contribution in [2.45, 2.75) is 39.4 Å². The van der Waals surface area contributed by atoms with Gasteiger partial charge in [0.05, 0.1) is 6.61 Å². The van der Waals surface area contributed by atoms with Gasteiger partial charge in [-0.15, -0.1) is 0 Å². The van der Waals surface area contributed by atoms with Crippen LogP contribution in [0.3, 0.4) is 0 Å². The Hall–Kier alpha value is -2.83. The minimum atomic E-state index is -1.29. The largest absolute Gasteiger partial charge is 0.508 e. The van der Waals surface area contributed by atoms with Gasteiger partial charge in [0, 0.05) is 19.8 Å². The third-order valence-electron chi connectivity index (χ3n) is 3.93. The molecule has 27 heavy (non-hydrogen) atoms. The fourth-order valence-electron chi connectivity index (χ4n) is 2.70. The monoisotopic (exact) mass is 376 g/mol. The van der Waals surface area contributed by atoms with Crippen LogP contribution >= 0.6 is 0 Å². The van der Waals surface area contributed by atoms with E-state index >= 15 is 0 Å². The van der Waals surface area contributed by atoms with Gasteiger partial charge in [0.15, 0.2) is 5.92 Å². The van der Waals surface area contributed by atoms with Gasteiger partial charge in [-0.1, -0.05) is 42.0 Å². The zero-order valence-corrected chi connectivity index (χ0v) is 15.9. The number of carbonyl (C=O) groups is 3. The van der Waals surface area contributed by atoms with Gasteiger partial charge in [0.1, 0.15) is 6.61 Å². The van der Waals surface area contributed by atoms with Crippen LogP contribution in [0.2, 0.25) is 0 Å². The van der Waals surface area contributed by atoms with E-state index in [1.54, 1.807) is 19.1 Å². The van der Waals surface area contributed by atoms with E-state index in [4.69, 9.17) is 14.2 Å². The zero-order chi connectivity index (χ0) is 20.0. The van der Waals surface area contributed by atoms with Crippen LogP contribution in [-0.2, 0) is 28.5 Å². The Morgan fingerprint density at radius 1 is 1.15 bits per heavy atom. The van der Waals surface area contributed by atoms with Crippen molar-refractivity contribution < 1.29 is 33.3 Å². The summed E-state index contributed by atoms with van der Waals surface area (Å²) in [6, 6.07) is 7.43. The summed E-state index contributed by atoms with van der Waals surface area (Å²) < 4.78 is 20.0. The van der Waals surface area contributed by atoms with Gasteiger partial charge in [-0.3, -0.25) is 9.59 Å². The molecule has 1 heterocycles. The summed E-state index contributed by atoms with van der Waals surface area (Å²) in [7, 11) is 0. The van der Waals surface area contributed by atoms with E-state index in [0.717, 1.165) is 11.1 Å². The second-order valence-electron chi connectivity index (χ2n) is 6.58. The van der Waals surface area contributed by atoms with E-state index in [0.29, 0.717) is 0 Å². The lowest BCUT2D eigenvalue weighted by Crippen LogP contribution is -2.48. The molecule has 7 heteroatoms. The second-order valence-corrected chi connectivity index (χ2v) is 6.58. The summed E-state index contributed by atoms with van der Waals surface area (Å²) in [6.07, 6.45) is 2.41. The Morgan fingerprint density at radius 3 is 2.30 bits per heavy atom. The van der Waals surface area contributed by atoms with Crippen molar-refractivity contribution in [2.75, 3.05) is 13.2 Å². The number of allylic oxidation sites excluding steroid dienone is 1. The Balaban J connectivity index is 2.22. The molecule has 0 saturated carbocycles. The van der Waals surface area contributed by atoms with E-state index < -0.39 is 35.7 Å². The smallest absolute Gasteiger partial charge is 0.435 e. The molecule has 1 aliphatic rings. The minimum Gasteiger partial charge on any atom is -0.435 e. The number of carbonyl (C=O) groups excluding carboxylic acids is 3. The highest BCUT2D eigenvalue weighted by Gasteiger charge is 2.46. The molecule has 0 aromatic heterocycles. The normalized spacial score (nSPS) is 17.9. The fourth-order valence-corrected chi connectivity index (χ4v) is 2.70. The van der Waals surface area contributed by atoms with Crippen molar-refractivity contribution in [1.82, 2.24) is 0 Å². The van der Waals surface area contributed by atoms with Crippen LogP contribution in [0.25, 0.3) is 0 Å². The molecule has 0 unspecified atom stereocenters. The van der Waals surface area contributed by atoms with Crippen molar-refractivity contribution in [3.8, 4) is 0 Å². The lowest BCUT2D eigenvalue weighted by Gasteiger charge is -2.35. The Labute approximate surface area is 158 Å². The quantitative estimate of drug-likeness (QED) is 0.428. The summed E-state index contributed by atoms with van der Waals surface area (Å²) >= 11 is 0. The second kappa shape index (κ2) is 8.70. The summed E-state index contributed by atoms with van der Waals surface area (Å²) in [5, 5.41) is 0. The number of cyclic esters (lactones) is 2. The number of esters is 2. The average Bonchev–Trinajstić information content (AvgIpc) is 2.56. The molecular weight excluding hydrogens is 352 g/mol. The number of aryl methyl sites for hydroxylation is 1. The molecule has 1 saturated heterocycles. The van der Waals surface area contributed by atoms with E-state index in [2.05, 4.69) is 4.74 Å². The molecule has 1 aliphatic heterocycles. The van der Waals surface area contributed by atoms with Gasteiger partial charge >= 0.3 is 18.1 Å². The van der Waals surface area contributed by atoms with Gasteiger partial charge in [-0.05, 0) is 19.4 Å². The molecule has 7 nitrogen and oxygen atoms in total. The summed E-state index contributed by atoms with van der Waals surface area (Å²) in [4.78, 5) is 36.2. The van der Waals surface area contributed by atoms with Crippen LogP contribution in [0.5, 0.6) is 0 Å². The predicted molar refractivity (Wildman–Crippen MR) is 95.8 cm³/mol. The topological polar surface area (TPSA) is 88.1 Å². The molecule has 1 fully saturated rings. The first-order chi connectivity index (χ1) is 12.7. The van der Waals surface area contributed by atoms with Crippen LogP contribution < -0.4 is 0 Å². The predicted octanol–water partition coefficient (Wildman–Crippen LogP) is 3.26. The lowest BCUT2D eigenvalue weighted by molar-refractivity contribution is -0.240. The lowest BCUT2D eigenvalue weighted by atomic mass is 9.84. The molecule has 0 amide bonds. The van der Waals surface area contributed by atoms with Crippen molar-refractivity contribution in [1.29, 1.82) is 0 Å². The fraction of sp³-hybridized carbons (Fsp3) is 0.450. The Kier molecular flexibility index (Phi) is 6.60. The van der Waals surface area contributed by atoms with Gasteiger partial charge in [-0.2, -0.15) is 0 Å². The Bertz CT molecular complexity index is 698. The van der Waals surface area contributed by atoms with Gasteiger partial charge in [-0.25, -0.2) is 4.79 Å². The van der Waals surface area contributed by atoms with Crippen LogP contribution in [0.4, 0.5) is 4.79 Å². The van der Waals surface area contributed by atoms with Crippen molar-refractivity contribution in [2.24, 2.45) is 5.92 Å². The number of hydrogen-bond acceptors (Lipinski definition) is 7. The minimum absolute atomic E-state index is 0.0521. The first-order valence-electron chi connectivity index (χ1n) is 8.72. The number of hydrogen-bond donors (Lipinski definition) is 0. The van der Waals surface area contributed by atoms with E-state index in [1.165, 1.54) is 13.8 Å². The molecule has 1 atom stereocenters. The van der Waals surface area contributed by atoms with Gasteiger partial charge < -0.3 is 18.9 Å². The van der Waals surface area contributed by atoms with E-state index in [1.807, 2.05) is 31.2 Å². The maximum Gasteiger partial charge on any atom is 0.508 e. The molecular formula is C20H24O7. The van der Waals surface area contributed by atoms with Crippen LogP contribution in [-0.4, -0.2) is 37.1 Å². The summed E-state index contributed by atoms with van der Waals surface area (Å²) in [6.45, 7) is 6.78. The number of ether oxygens (including phenoxy) is 4. The number of rotatable bonds is 6. The third-order valence-corrected chi connectivity index (χ3v) is 3.93. The van der Waals surface area contributed by atoms with Crippen LogP contribution in [0, 0.1) is 12.8 Å².